The highest BCUT2D eigenvalue weighted by molar-refractivity contribution is 5.66. The minimum atomic E-state index is -0.348. The van der Waals surface area contributed by atoms with Crippen molar-refractivity contribution in [2.24, 2.45) is 0 Å². The molecule has 0 radical (unpaired) electrons. The third-order valence-electron chi connectivity index (χ3n) is 3.12. The van der Waals surface area contributed by atoms with Gasteiger partial charge in [0, 0.05) is 19.4 Å². The molecule has 4 heteroatoms. The third-order valence-corrected chi connectivity index (χ3v) is 3.12. The Labute approximate surface area is 139 Å². The van der Waals surface area contributed by atoms with Gasteiger partial charge in [0.05, 0.1) is 0 Å². The number of carbonyl (C=O) groups excluding carboxylic acids is 2. The Hall–Kier alpha value is -2.10. The quantitative estimate of drug-likeness (QED) is 0.342. The third kappa shape index (κ3) is 13.3. The lowest BCUT2D eigenvalue weighted by atomic mass is 10.1. The minimum absolute atomic E-state index is 0.159. The summed E-state index contributed by atoms with van der Waals surface area (Å²) in [5.74, 6) is -0.696. The zero-order valence-corrected chi connectivity index (χ0v) is 14.7. The molecule has 0 bridgehead atoms. The second kappa shape index (κ2) is 12.4. The first-order valence-corrected chi connectivity index (χ1v) is 7.74. The van der Waals surface area contributed by atoms with Crippen LogP contribution in [0, 0.1) is 0 Å². The molecule has 0 heterocycles. The van der Waals surface area contributed by atoms with Gasteiger partial charge in [-0.15, -0.1) is 0 Å². The van der Waals surface area contributed by atoms with Crippen LogP contribution < -0.4 is 0 Å². The smallest absolute Gasteiger partial charge is 0.302 e. The molecule has 0 saturated carbocycles. The molecule has 0 spiro atoms. The Morgan fingerprint density at radius 3 is 1.96 bits per heavy atom. The minimum Gasteiger partial charge on any atom is -0.461 e. The maximum atomic E-state index is 10.9. The van der Waals surface area contributed by atoms with Crippen LogP contribution in [0.15, 0.2) is 47.6 Å². The molecule has 23 heavy (non-hydrogen) atoms. The largest absolute Gasteiger partial charge is 0.461 e. The number of hydrogen-bond donors (Lipinski definition) is 0. The van der Waals surface area contributed by atoms with E-state index >= 15 is 0 Å². The van der Waals surface area contributed by atoms with Crippen LogP contribution >= 0.6 is 0 Å². The Morgan fingerprint density at radius 1 is 0.913 bits per heavy atom. The van der Waals surface area contributed by atoms with Crippen LogP contribution in [-0.4, -0.2) is 25.2 Å². The molecule has 0 saturated heterocycles. The lowest BCUT2D eigenvalue weighted by Gasteiger charge is -2.08. The average Bonchev–Trinajstić information content (AvgIpc) is 2.48. The number of rotatable bonds is 10. The van der Waals surface area contributed by atoms with Gasteiger partial charge in [-0.3, -0.25) is 9.59 Å². The fourth-order valence-electron chi connectivity index (χ4n) is 1.68. The van der Waals surface area contributed by atoms with E-state index < -0.39 is 0 Å². The Bertz CT molecular complexity index is 475. The highest BCUT2D eigenvalue weighted by Crippen LogP contribution is 2.10. The highest BCUT2D eigenvalue weighted by atomic mass is 16.5. The molecule has 128 valence electrons. The van der Waals surface area contributed by atoms with Crippen molar-refractivity contribution >= 4 is 11.9 Å². The topological polar surface area (TPSA) is 52.6 Å². The molecule has 0 N–H and O–H groups in total. The molecule has 0 aromatic carbocycles. The molecule has 0 aliphatic rings. The molecule has 0 aliphatic heterocycles. The van der Waals surface area contributed by atoms with E-state index in [0.717, 1.165) is 24.8 Å². The first-order valence-electron chi connectivity index (χ1n) is 7.74. The summed E-state index contributed by atoms with van der Waals surface area (Å²) in [6, 6.07) is 0. The zero-order valence-electron chi connectivity index (χ0n) is 14.7. The second-order valence-corrected chi connectivity index (χ2v) is 5.40. The summed E-state index contributed by atoms with van der Waals surface area (Å²) in [7, 11) is 0. The maximum absolute atomic E-state index is 10.9. The van der Waals surface area contributed by atoms with Gasteiger partial charge < -0.3 is 9.47 Å². The highest BCUT2D eigenvalue weighted by Gasteiger charge is 2.03. The van der Waals surface area contributed by atoms with E-state index in [-0.39, 0.29) is 25.2 Å². The van der Waals surface area contributed by atoms with Crippen molar-refractivity contribution in [3.63, 3.8) is 0 Å². The van der Waals surface area contributed by atoms with Crippen molar-refractivity contribution in [1.29, 1.82) is 0 Å². The van der Waals surface area contributed by atoms with Gasteiger partial charge in [-0.25, -0.2) is 0 Å². The summed E-state index contributed by atoms with van der Waals surface area (Å²) in [5.41, 5.74) is 3.25. The van der Waals surface area contributed by atoms with E-state index in [4.69, 9.17) is 9.47 Å². The van der Waals surface area contributed by atoms with Gasteiger partial charge in [0.15, 0.2) is 0 Å². The summed E-state index contributed by atoms with van der Waals surface area (Å²) in [4.78, 5) is 21.8. The summed E-state index contributed by atoms with van der Waals surface area (Å²) in [6.07, 6.45) is 10.7. The van der Waals surface area contributed by atoms with E-state index in [1.54, 1.807) is 0 Å². The van der Waals surface area contributed by atoms with E-state index in [9.17, 15) is 9.59 Å². The molecule has 0 fully saturated rings. The molecule has 0 rings (SSSR count). The fraction of sp³-hybridized carbons (Fsp3) is 0.474. The predicted molar refractivity (Wildman–Crippen MR) is 92.9 cm³/mol. The van der Waals surface area contributed by atoms with Crippen molar-refractivity contribution in [3.05, 3.63) is 47.6 Å². The van der Waals surface area contributed by atoms with Gasteiger partial charge >= 0.3 is 11.9 Å². The van der Waals surface area contributed by atoms with Gasteiger partial charge in [-0.2, -0.15) is 0 Å². The standard InChI is InChI=1S/C19H28O4/c1-6-15(2)9-7-10-16(3)11-8-12-19(13-22-17(4)20)14-23-18(5)21/h6,9-10,12H,1,7-8,11,13-14H2,2-5H3/b15-9-,16-10+. The van der Waals surface area contributed by atoms with Crippen LogP contribution in [0.2, 0.25) is 0 Å². The average molecular weight is 320 g/mol. The molecule has 0 aliphatic carbocycles. The predicted octanol–water partition coefficient (Wildman–Crippen LogP) is 4.29. The molecular formula is C19H28O4. The number of carbonyl (C=O) groups is 2. The lowest BCUT2D eigenvalue weighted by Crippen LogP contribution is -2.10. The molecule has 0 aromatic rings. The molecule has 0 atom stereocenters. The maximum Gasteiger partial charge on any atom is 0.302 e. The van der Waals surface area contributed by atoms with Crippen molar-refractivity contribution < 1.29 is 19.1 Å². The molecular weight excluding hydrogens is 292 g/mol. The van der Waals surface area contributed by atoms with Crippen LogP contribution in [0.5, 0.6) is 0 Å². The normalized spacial score (nSPS) is 11.7. The van der Waals surface area contributed by atoms with Crippen LogP contribution in [0.4, 0.5) is 0 Å². The number of esters is 2. The van der Waals surface area contributed by atoms with Crippen molar-refractivity contribution in [2.45, 2.75) is 47.0 Å². The summed E-state index contributed by atoms with van der Waals surface area (Å²) >= 11 is 0. The molecule has 0 amide bonds. The Balaban J connectivity index is 4.44. The van der Waals surface area contributed by atoms with E-state index in [2.05, 4.69) is 25.7 Å². The van der Waals surface area contributed by atoms with Crippen molar-refractivity contribution in [2.75, 3.05) is 13.2 Å². The van der Waals surface area contributed by atoms with Gasteiger partial charge in [0.25, 0.3) is 0 Å². The molecule has 4 nitrogen and oxygen atoms in total. The monoisotopic (exact) mass is 320 g/mol. The summed E-state index contributed by atoms with van der Waals surface area (Å²) in [5, 5.41) is 0. The zero-order chi connectivity index (χ0) is 17.7. The first-order chi connectivity index (χ1) is 10.8. The summed E-state index contributed by atoms with van der Waals surface area (Å²) < 4.78 is 9.93. The van der Waals surface area contributed by atoms with Gasteiger partial charge in [-0.1, -0.05) is 42.0 Å². The number of ether oxygens (including phenoxy) is 2. The molecule has 0 aromatic heterocycles. The van der Waals surface area contributed by atoms with Crippen LogP contribution in [-0.2, 0) is 19.1 Å². The van der Waals surface area contributed by atoms with Crippen molar-refractivity contribution in [1.82, 2.24) is 0 Å². The van der Waals surface area contributed by atoms with Crippen LogP contribution in [0.25, 0.3) is 0 Å². The first kappa shape index (κ1) is 20.9. The second-order valence-electron chi connectivity index (χ2n) is 5.40. The van der Waals surface area contributed by atoms with E-state index in [0.29, 0.717) is 0 Å². The van der Waals surface area contributed by atoms with Crippen molar-refractivity contribution in [3.8, 4) is 0 Å². The summed E-state index contributed by atoms with van der Waals surface area (Å²) in [6.45, 7) is 10.9. The SMILES string of the molecule is C=C/C(C)=C\C/C=C(\C)CCC=C(COC(C)=O)COC(C)=O. The lowest BCUT2D eigenvalue weighted by molar-refractivity contribution is -0.141. The number of allylic oxidation sites excluding steroid dienone is 6. The van der Waals surface area contributed by atoms with Gasteiger partial charge in [0.2, 0.25) is 0 Å². The Kier molecular flexibility index (Phi) is 11.3. The molecule has 0 unspecified atom stereocenters. The van der Waals surface area contributed by atoms with Gasteiger partial charge in [0.1, 0.15) is 13.2 Å². The number of hydrogen-bond acceptors (Lipinski definition) is 4. The van der Waals surface area contributed by atoms with Gasteiger partial charge in [-0.05, 0) is 33.1 Å². The van der Waals surface area contributed by atoms with Crippen LogP contribution in [0.3, 0.4) is 0 Å². The Morgan fingerprint density at radius 2 is 1.48 bits per heavy atom. The fourth-order valence-corrected chi connectivity index (χ4v) is 1.68. The van der Waals surface area contributed by atoms with E-state index in [1.807, 2.05) is 19.1 Å². The van der Waals surface area contributed by atoms with E-state index in [1.165, 1.54) is 25.0 Å². The van der Waals surface area contributed by atoms with Crippen LogP contribution in [0.1, 0.15) is 47.0 Å².